The second kappa shape index (κ2) is 6.69. The third-order valence-corrected chi connectivity index (χ3v) is 4.05. The number of phenols is 1. The molecule has 112 valence electrons. The van der Waals surface area contributed by atoms with Crippen molar-refractivity contribution >= 4 is 17.2 Å². The minimum absolute atomic E-state index is 0.219. The highest BCUT2D eigenvalue weighted by Gasteiger charge is 2.14. The van der Waals surface area contributed by atoms with Gasteiger partial charge in [-0.05, 0) is 36.8 Å². The van der Waals surface area contributed by atoms with Crippen LogP contribution in [0.1, 0.15) is 33.1 Å². The van der Waals surface area contributed by atoms with Gasteiger partial charge < -0.3 is 15.2 Å². The molecule has 6 heteroatoms. The normalized spacial score (nSPS) is 12.1. The number of rotatable bonds is 5. The quantitative estimate of drug-likeness (QED) is 0.891. The molecule has 1 aromatic carbocycles. The summed E-state index contributed by atoms with van der Waals surface area (Å²) in [5.74, 6) is -1.32. The summed E-state index contributed by atoms with van der Waals surface area (Å²) in [6.07, 6.45) is 0. The molecule has 1 atom stereocenters. The number of carbonyl (C=O) groups is 1. The van der Waals surface area contributed by atoms with Crippen LogP contribution in [0.15, 0.2) is 30.3 Å². The molecule has 0 bridgehead atoms. The number of aromatic hydroxyl groups is 1. The highest BCUT2D eigenvalue weighted by Crippen LogP contribution is 2.22. The average molecular weight is 309 g/mol. The van der Waals surface area contributed by atoms with Crippen LogP contribution in [0.5, 0.6) is 5.75 Å². The Hall–Kier alpha value is -1.92. The van der Waals surface area contributed by atoms with Crippen LogP contribution in [0.4, 0.5) is 4.39 Å². The molecule has 0 aliphatic carbocycles. The van der Waals surface area contributed by atoms with Gasteiger partial charge >= 0.3 is 0 Å². The molecule has 0 fully saturated rings. The molecule has 0 saturated carbocycles. The zero-order valence-corrected chi connectivity index (χ0v) is 12.5. The van der Waals surface area contributed by atoms with Crippen molar-refractivity contribution in [2.75, 3.05) is 7.11 Å². The Morgan fingerprint density at radius 2 is 2.19 bits per heavy atom. The first-order chi connectivity index (χ1) is 10.0. The van der Waals surface area contributed by atoms with Gasteiger partial charge in [0.2, 0.25) is 0 Å². The lowest BCUT2D eigenvalue weighted by atomic mass is 10.1. The number of hydrogen-bond acceptors (Lipinski definition) is 4. The fourth-order valence-corrected chi connectivity index (χ4v) is 2.75. The molecular formula is C15H16FNO3S. The number of ether oxygens (including phenoxy) is 1. The van der Waals surface area contributed by atoms with Gasteiger partial charge in [-0.2, -0.15) is 0 Å². The minimum atomic E-state index is -0.702. The number of amides is 1. The Balaban J connectivity index is 2.05. The van der Waals surface area contributed by atoms with Crippen LogP contribution < -0.4 is 5.32 Å². The Labute approximate surface area is 126 Å². The van der Waals surface area contributed by atoms with Gasteiger partial charge in [0, 0.05) is 12.0 Å². The van der Waals surface area contributed by atoms with E-state index in [1.165, 1.54) is 23.5 Å². The number of benzene rings is 1. The van der Waals surface area contributed by atoms with E-state index in [9.17, 15) is 9.18 Å². The predicted molar refractivity (Wildman–Crippen MR) is 79.0 cm³/mol. The molecule has 0 aliphatic heterocycles. The monoisotopic (exact) mass is 309 g/mol. The third kappa shape index (κ3) is 3.80. The van der Waals surface area contributed by atoms with Crippen LogP contribution in [0.25, 0.3) is 0 Å². The van der Waals surface area contributed by atoms with Gasteiger partial charge in [-0.15, -0.1) is 11.3 Å². The van der Waals surface area contributed by atoms with E-state index in [4.69, 9.17) is 9.84 Å². The number of phenolic OH excluding ortho intramolecular Hbond substituents is 1. The van der Waals surface area contributed by atoms with Gasteiger partial charge in [0.15, 0.2) is 11.6 Å². The second-order valence-electron chi connectivity index (χ2n) is 4.60. The summed E-state index contributed by atoms with van der Waals surface area (Å²) in [5.41, 5.74) is 0.590. The molecular weight excluding hydrogens is 293 g/mol. The van der Waals surface area contributed by atoms with E-state index >= 15 is 0 Å². The molecule has 1 amide bonds. The van der Waals surface area contributed by atoms with Gasteiger partial charge in [-0.1, -0.05) is 6.07 Å². The molecule has 1 aromatic heterocycles. The zero-order valence-electron chi connectivity index (χ0n) is 11.7. The zero-order chi connectivity index (χ0) is 15.4. The third-order valence-electron chi connectivity index (χ3n) is 2.99. The fourth-order valence-electron chi connectivity index (χ4n) is 1.86. The maximum absolute atomic E-state index is 13.3. The second-order valence-corrected chi connectivity index (χ2v) is 5.77. The smallest absolute Gasteiger partial charge is 0.261 e. The number of hydrogen-bond donors (Lipinski definition) is 2. The Kier molecular flexibility index (Phi) is 4.93. The van der Waals surface area contributed by atoms with Crippen molar-refractivity contribution in [2.24, 2.45) is 0 Å². The topological polar surface area (TPSA) is 58.6 Å². The maximum Gasteiger partial charge on any atom is 0.261 e. The number of carbonyl (C=O) groups excluding carboxylic acids is 1. The van der Waals surface area contributed by atoms with E-state index in [-0.39, 0.29) is 11.9 Å². The molecule has 0 spiro atoms. The Morgan fingerprint density at radius 1 is 1.43 bits per heavy atom. The highest BCUT2D eigenvalue weighted by molar-refractivity contribution is 7.14. The first-order valence-electron chi connectivity index (χ1n) is 6.38. The van der Waals surface area contributed by atoms with Crippen LogP contribution in [0, 0.1) is 5.82 Å². The van der Waals surface area contributed by atoms with Gasteiger partial charge in [0.1, 0.15) is 0 Å². The van der Waals surface area contributed by atoms with Crippen LogP contribution >= 0.6 is 11.3 Å². The molecule has 2 aromatic rings. The standard InChI is InChI=1S/C15H16FNO3S/c1-9(10-3-5-13(18)12(16)7-10)17-15(19)14-6-4-11(21-14)8-20-2/h3-7,9,18H,8H2,1-2H3,(H,17,19)/t9-/m1/s1. The Bertz CT molecular complexity index is 642. The largest absolute Gasteiger partial charge is 0.505 e. The maximum atomic E-state index is 13.3. The average Bonchev–Trinajstić information content (AvgIpc) is 2.91. The summed E-state index contributed by atoms with van der Waals surface area (Å²) < 4.78 is 18.3. The summed E-state index contributed by atoms with van der Waals surface area (Å²) >= 11 is 1.36. The highest BCUT2D eigenvalue weighted by atomic mass is 32.1. The van der Waals surface area contributed by atoms with E-state index in [1.807, 2.05) is 6.07 Å². The molecule has 0 radical (unpaired) electrons. The van der Waals surface area contributed by atoms with Crippen molar-refractivity contribution in [3.63, 3.8) is 0 Å². The lowest BCUT2D eigenvalue weighted by Gasteiger charge is -2.14. The molecule has 1 heterocycles. The molecule has 4 nitrogen and oxygen atoms in total. The molecule has 21 heavy (non-hydrogen) atoms. The molecule has 0 aliphatic rings. The van der Waals surface area contributed by atoms with Gasteiger partial charge in [0.25, 0.3) is 5.91 Å². The van der Waals surface area contributed by atoms with E-state index < -0.39 is 11.6 Å². The lowest BCUT2D eigenvalue weighted by molar-refractivity contribution is 0.0944. The van der Waals surface area contributed by atoms with Crippen LogP contribution in [0.3, 0.4) is 0 Å². The van der Waals surface area contributed by atoms with Crippen molar-refractivity contribution < 1.29 is 19.0 Å². The number of thiophene rings is 1. The summed E-state index contributed by atoms with van der Waals surface area (Å²) in [4.78, 5) is 13.7. The van der Waals surface area contributed by atoms with Crippen molar-refractivity contribution in [3.05, 3.63) is 51.5 Å². The first kappa shape index (κ1) is 15.5. The van der Waals surface area contributed by atoms with E-state index in [0.29, 0.717) is 17.0 Å². The van der Waals surface area contributed by atoms with Crippen LogP contribution in [0.2, 0.25) is 0 Å². The predicted octanol–water partition coefficient (Wildman–Crippen LogP) is 3.23. The summed E-state index contributed by atoms with van der Waals surface area (Å²) in [5, 5.41) is 12.0. The first-order valence-corrected chi connectivity index (χ1v) is 7.20. The van der Waals surface area contributed by atoms with Crippen molar-refractivity contribution in [2.45, 2.75) is 19.6 Å². The molecule has 0 unspecified atom stereocenters. The summed E-state index contributed by atoms with van der Waals surface area (Å²) in [6, 6.07) is 7.28. The molecule has 2 N–H and O–H groups in total. The fraction of sp³-hybridized carbons (Fsp3) is 0.267. The summed E-state index contributed by atoms with van der Waals surface area (Å²) in [6.45, 7) is 2.23. The van der Waals surface area contributed by atoms with Crippen molar-refractivity contribution in [3.8, 4) is 5.75 Å². The van der Waals surface area contributed by atoms with Crippen molar-refractivity contribution in [1.82, 2.24) is 5.32 Å². The van der Waals surface area contributed by atoms with Gasteiger partial charge in [-0.25, -0.2) is 4.39 Å². The van der Waals surface area contributed by atoms with Crippen molar-refractivity contribution in [1.29, 1.82) is 0 Å². The van der Waals surface area contributed by atoms with Crippen LogP contribution in [-0.4, -0.2) is 18.1 Å². The SMILES string of the molecule is COCc1ccc(C(=O)N[C@H](C)c2ccc(O)c(F)c2)s1. The van der Waals surface area contributed by atoms with E-state index in [2.05, 4.69) is 5.32 Å². The van der Waals surface area contributed by atoms with E-state index in [1.54, 1.807) is 26.2 Å². The number of halogens is 1. The minimum Gasteiger partial charge on any atom is -0.505 e. The number of nitrogens with one attached hydrogen (secondary N) is 1. The molecule has 0 saturated heterocycles. The summed E-state index contributed by atoms with van der Waals surface area (Å²) in [7, 11) is 1.60. The van der Waals surface area contributed by atoms with Gasteiger partial charge in [0.05, 0.1) is 17.5 Å². The number of methoxy groups -OCH3 is 1. The van der Waals surface area contributed by atoms with Gasteiger partial charge in [-0.3, -0.25) is 4.79 Å². The lowest BCUT2D eigenvalue weighted by Crippen LogP contribution is -2.25. The van der Waals surface area contributed by atoms with E-state index in [0.717, 1.165) is 4.88 Å². The Morgan fingerprint density at radius 3 is 2.86 bits per heavy atom. The molecule has 2 rings (SSSR count). The van der Waals surface area contributed by atoms with Crippen LogP contribution in [-0.2, 0) is 11.3 Å².